The van der Waals surface area contributed by atoms with E-state index in [1.54, 1.807) is 0 Å². The van der Waals surface area contributed by atoms with Crippen LogP contribution in [0, 0.1) is 5.41 Å². The van der Waals surface area contributed by atoms with Crippen molar-refractivity contribution in [2.45, 2.75) is 58.7 Å². The summed E-state index contributed by atoms with van der Waals surface area (Å²) in [5.74, 6) is 0. The molecule has 1 aromatic rings. The van der Waals surface area contributed by atoms with Crippen molar-refractivity contribution >= 4 is 0 Å². The molecule has 0 spiro atoms. The Bertz CT molecular complexity index is 325. The molecule has 17 heavy (non-hydrogen) atoms. The van der Waals surface area contributed by atoms with Crippen LogP contribution in [0.2, 0.25) is 0 Å². The third-order valence-corrected chi connectivity index (χ3v) is 4.32. The molecule has 1 aliphatic rings. The van der Waals surface area contributed by atoms with Crippen molar-refractivity contribution < 1.29 is 4.74 Å². The molecule has 0 N–H and O–H groups in total. The molecule has 0 radical (unpaired) electrons. The Morgan fingerprint density at radius 3 is 2.41 bits per heavy atom. The molecule has 1 aliphatic carbocycles. The van der Waals surface area contributed by atoms with Crippen LogP contribution in [0.5, 0.6) is 0 Å². The predicted molar refractivity (Wildman–Crippen MR) is 71.9 cm³/mol. The highest BCUT2D eigenvalue weighted by atomic mass is 16.5. The van der Waals surface area contributed by atoms with Crippen LogP contribution in [-0.4, -0.2) is 6.10 Å². The Balaban J connectivity index is 1.86. The summed E-state index contributed by atoms with van der Waals surface area (Å²) in [7, 11) is 0. The molecule has 1 unspecified atom stereocenters. The topological polar surface area (TPSA) is 9.23 Å². The van der Waals surface area contributed by atoms with E-state index in [1.807, 2.05) is 0 Å². The summed E-state index contributed by atoms with van der Waals surface area (Å²) < 4.78 is 6.07. The molecule has 0 aliphatic heterocycles. The standard InChI is InChI=1S/C16H24O/c1-14(16(2)11-7-4-8-12-16)17-13-15-9-5-3-6-10-15/h3,5-6,9-10,14H,4,7-8,11-13H2,1-2H3. The van der Waals surface area contributed by atoms with E-state index in [0.717, 1.165) is 6.61 Å². The van der Waals surface area contributed by atoms with Gasteiger partial charge in [0.25, 0.3) is 0 Å². The lowest BCUT2D eigenvalue weighted by molar-refractivity contribution is -0.0477. The van der Waals surface area contributed by atoms with Gasteiger partial charge in [0.15, 0.2) is 0 Å². The zero-order valence-electron chi connectivity index (χ0n) is 11.1. The van der Waals surface area contributed by atoms with Crippen molar-refractivity contribution in [1.82, 2.24) is 0 Å². The Kier molecular flexibility index (Phi) is 4.22. The molecule has 0 saturated heterocycles. The maximum absolute atomic E-state index is 6.07. The largest absolute Gasteiger partial charge is 0.373 e. The van der Waals surface area contributed by atoms with Gasteiger partial charge in [-0.2, -0.15) is 0 Å². The quantitative estimate of drug-likeness (QED) is 0.739. The summed E-state index contributed by atoms with van der Waals surface area (Å²) in [6.45, 7) is 5.38. The van der Waals surface area contributed by atoms with Gasteiger partial charge in [-0.05, 0) is 30.7 Å². The molecule has 1 heteroatoms. The molecule has 1 atom stereocenters. The smallest absolute Gasteiger partial charge is 0.0720 e. The fourth-order valence-corrected chi connectivity index (χ4v) is 2.76. The highest BCUT2D eigenvalue weighted by Crippen LogP contribution is 2.40. The minimum absolute atomic E-state index is 0.364. The zero-order chi connectivity index (χ0) is 12.1. The van der Waals surface area contributed by atoms with Gasteiger partial charge in [0.2, 0.25) is 0 Å². The molecule has 0 bridgehead atoms. The normalized spacial score (nSPS) is 21.1. The number of ether oxygens (including phenoxy) is 1. The lowest BCUT2D eigenvalue weighted by Gasteiger charge is -2.38. The van der Waals surface area contributed by atoms with Crippen molar-refractivity contribution in [3.63, 3.8) is 0 Å². The van der Waals surface area contributed by atoms with Gasteiger partial charge in [-0.3, -0.25) is 0 Å². The van der Waals surface area contributed by atoms with E-state index in [9.17, 15) is 0 Å². The fourth-order valence-electron chi connectivity index (χ4n) is 2.76. The number of rotatable bonds is 4. The van der Waals surface area contributed by atoms with Gasteiger partial charge < -0.3 is 4.74 Å². The van der Waals surface area contributed by atoms with Gasteiger partial charge >= 0.3 is 0 Å². The van der Waals surface area contributed by atoms with Crippen molar-refractivity contribution in [3.05, 3.63) is 35.9 Å². The summed E-state index contributed by atoms with van der Waals surface area (Å²) in [5.41, 5.74) is 1.67. The molecule has 1 nitrogen and oxygen atoms in total. The van der Waals surface area contributed by atoms with E-state index < -0.39 is 0 Å². The van der Waals surface area contributed by atoms with E-state index in [-0.39, 0.29) is 0 Å². The SMILES string of the molecule is CC(OCc1ccccc1)C1(C)CCCCC1. The second kappa shape index (κ2) is 5.68. The molecular weight excluding hydrogens is 208 g/mol. The monoisotopic (exact) mass is 232 g/mol. The third kappa shape index (κ3) is 3.32. The minimum Gasteiger partial charge on any atom is -0.373 e. The summed E-state index contributed by atoms with van der Waals surface area (Å²) in [4.78, 5) is 0. The average Bonchev–Trinajstić information content (AvgIpc) is 2.38. The van der Waals surface area contributed by atoms with E-state index >= 15 is 0 Å². The van der Waals surface area contributed by atoms with Crippen molar-refractivity contribution in [2.24, 2.45) is 5.41 Å². The van der Waals surface area contributed by atoms with Crippen LogP contribution in [0.3, 0.4) is 0 Å². The number of benzene rings is 1. The van der Waals surface area contributed by atoms with Gasteiger partial charge in [0.05, 0.1) is 12.7 Å². The van der Waals surface area contributed by atoms with Crippen LogP contribution in [0.4, 0.5) is 0 Å². The van der Waals surface area contributed by atoms with E-state index in [2.05, 4.69) is 44.2 Å². The molecular formula is C16H24O. The second-order valence-corrected chi connectivity index (χ2v) is 5.65. The first-order valence-corrected chi connectivity index (χ1v) is 6.86. The molecule has 94 valence electrons. The van der Waals surface area contributed by atoms with Crippen LogP contribution < -0.4 is 0 Å². The number of hydrogen-bond donors (Lipinski definition) is 0. The van der Waals surface area contributed by atoms with Gasteiger partial charge in [-0.25, -0.2) is 0 Å². The first kappa shape index (κ1) is 12.6. The van der Waals surface area contributed by atoms with Crippen LogP contribution >= 0.6 is 0 Å². The lowest BCUT2D eigenvalue weighted by Crippen LogP contribution is -2.34. The van der Waals surface area contributed by atoms with Crippen LogP contribution in [0.25, 0.3) is 0 Å². The third-order valence-electron chi connectivity index (χ3n) is 4.32. The summed E-state index contributed by atoms with van der Waals surface area (Å²) in [6, 6.07) is 10.5. The molecule has 0 aromatic heterocycles. The molecule has 0 amide bonds. The first-order chi connectivity index (χ1) is 8.21. The van der Waals surface area contributed by atoms with Crippen molar-refractivity contribution in [1.29, 1.82) is 0 Å². The molecule has 1 saturated carbocycles. The minimum atomic E-state index is 0.364. The first-order valence-electron chi connectivity index (χ1n) is 6.86. The summed E-state index contributed by atoms with van der Waals surface area (Å²) in [6.07, 6.45) is 7.15. The Morgan fingerprint density at radius 2 is 1.76 bits per heavy atom. The van der Waals surface area contributed by atoms with E-state index in [4.69, 9.17) is 4.74 Å². The average molecular weight is 232 g/mol. The highest BCUT2D eigenvalue weighted by Gasteiger charge is 2.33. The number of hydrogen-bond acceptors (Lipinski definition) is 1. The van der Waals surface area contributed by atoms with Gasteiger partial charge in [-0.15, -0.1) is 0 Å². The Morgan fingerprint density at radius 1 is 1.12 bits per heavy atom. The van der Waals surface area contributed by atoms with Gasteiger partial charge in [0.1, 0.15) is 0 Å². The molecule has 1 fully saturated rings. The summed E-state index contributed by atoms with van der Waals surface area (Å²) >= 11 is 0. The van der Waals surface area contributed by atoms with Gasteiger partial charge in [0, 0.05) is 0 Å². The van der Waals surface area contributed by atoms with Crippen molar-refractivity contribution in [3.8, 4) is 0 Å². The molecule has 0 heterocycles. The maximum Gasteiger partial charge on any atom is 0.0720 e. The van der Waals surface area contributed by atoms with Crippen LogP contribution in [0.15, 0.2) is 30.3 Å². The molecule has 2 rings (SSSR count). The van der Waals surface area contributed by atoms with E-state index in [1.165, 1.54) is 37.7 Å². The Hall–Kier alpha value is -0.820. The molecule has 1 aromatic carbocycles. The fraction of sp³-hybridized carbons (Fsp3) is 0.625. The highest BCUT2D eigenvalue weighted by molar-refractivity contribution is 5.13. The maximum atomic E-state index is 6.07. The van der Waals surface area contributed by atoms with E-state index in [0.29, 0.717) is 11.5 Å². The van der Waals surface area contributed by atoms with Crippen LogP contribution in [0.1, 0.15) is 51.5 Å². The van der Waals surface area contributed by atoms with Gasteiger partial charge in [-0.1, -0.05) is 56.5 Å². The Labute approximate surface area is 105 Å². The predicted octanol–water partition coefficient (Wildman–Crippen LogP) is 4.56. The lowest BCUT2D eigenvalue weighted by atomic mass is 9.72. The second-order valence-electron chi connectivity index (χ2n) is 5.65. The zero-order valence-corrected chi connectivity index (χ0v) is 11.1. The summed E-state index contributed by atoms with van der Waals surface area (Å²) in [5, 5.41) is 0. The van der Waals surface area contributed by atoms with Crippen molar-refractivity contribution in [2.75, 3.05) is 0 Å². The van der Waals surface area contributed by atoms with Crippen LogP contribution in [-0.2, 0) is 11.3 Å².